The maximum atomic E-state index is 11.6. The van der Waals surface area contributed by atoms with E-state index in [1.807, 2.05) is 19.0 Å². The zero-order chi connectivity index (χ0) is 14.4. The standard InChI is InChI=1S/C14H18N2O3.Na.H/c1-10-9-11(14(18)19)6-7-12(10)15-13(17)5-4-8-16(2)3;;/h4-7,9H,8H2,1-3H3,(H,15,17)(H,18,19);;. The maximum absolute atomic E-state index is 11.6. The Morgan fingerprint density at radius 2 is 2.00 bits per heavy atom. The number of hydrogen-bond donors (Lipinski definition) is 2. The first-order valence-corrected chi connectivity index (χ1v) is 5.86. The Kier molecular flexibility index (Phi) is 8.41. The number of nitrogens with one attached hydrogen (secondary N) is 1. The van der Waals surface area contributed by atoms with Crippen LogP contribution in [0.5, 0.6) is 0 Å². The summed E-state index contributed by atoms with van der Waals surface area (Å²) in [5.74, 6) is -1.21. The molecule has 5 nitrogen and oxygen atoms in total. The third kappa shape index (κ3) is 6.34. The van der Waals surface area contributed by atoms with Crippen LogP contribution in [0.15, 0.2) is 30.4 Å². The van der Waals surface area contributed by atoms with Crippen molar-refractivity contribution in [2.75, 3.05) is 26.0 Å². The molecule has 0 saturated heterocycles. The van der Waals surface area contributed by atoms with Crippen molar-refractivity contribution < 1.29 is 14.7 Å². The second-order valence-electron chi connectivity index (χ2n) is 4.49. The summed E-state index contributed by atoms with van der Waals surface area (Å²) in [4.78, 5) is 24.4. The number of hydrogen-bond acceptors (Lipinski definition) is 3. The van der Waals surface area contributed by atoms with E-state index in [1.54, 1.807) is 19.1 Å². The molecule has 0 fully saturated rings. The van der Waals surface area contributed by atoms with Crippen LogP contribution in [0.3, 0.4) is 0 Å². The summed E-state index contributed by atoms with van der Waals surface area (Å²) in [6.07, 6.45) is 3.22. The molecule has 0 unspecified atom stereocenters. The Morgan fingerprint density at radius 1 is 1.35 bits per heavy atom. The van der Waals surface area contributed by atoms with Crippen LogP contribution < -0.4 is 5.32 Å². The van der Waals surface area contributed by atoms with Gasteiger partial charge in [-0.3, -0.25) is 4.79 Å². The number of carbonyl (C=O) groups is 2. The van der Waals surface area contributed by atoms with Gasteiger partial charge >= 0.3 is 35.5 Å². The number of nitrogens with zero attached hydrogens (tertiary/aromatic N) is 1. The number of benzene rings is 1. The molecule has 1 amide bonds. The van der Waals surface area contributed by atoms with E-state index >= 15 is 0 Å². The van der Waals surface area contributed by atoms with Gasteiger partial charge in [-0.25, -0.2) is 4.79 Å². The Hall–Kier alpha value is -1.14. The molecule has 0 aliphatic heterocycles. The van der Waals surface area contributed by atoms with E-state index in [1.165, 1.54) is 18.2 Å². The van der Waals surface area contributed by atoms with Gasteiger partial charge in [-0.2, -0.15) is 0 Å². The average Bonchev–Trinajstić information content (AvgIpc) is 2.31. The number of likely N-dealkylation sites (N-methyl/N-ethyl adjacent to an activating group) is 1. The third-order valence-electron chi connectivity index (χ3n) is 2.47. The summed E-state index contributed by atoms with van der Waals surface area (Å²) in [7, 11) is 3.83. The molecule has 0 radical (unpaired) electrons. The molecule has 104 valence electrons. The normalized spacial score (nSPS) is 10.4. The summed E-state index contributed by atoms with van der Waals surface area (Å²) in [5, 5.41) is 11.6. The fraction of sp³-hybridized carbons (Fsp3) is 0.286. The van der Waals surface area contributed by atoms with Crippen LogP contribution in [0, 0.1) is 6.92 Å². The summed E-state index contributed by atoms with van der Waals surface area (Å²) in [5.41, 5.74) is 1.54. The number of carboxylic acid groups (broad SMARTS) is 1. The molecule has 0 aromatic heterocycles. The average molecular weight is 286 g/mol. The Morgan fingerprint density at radius 3 is 2.50 bits per heavy atom. The van der Waals surface area contributed by atoms with Gasteiger partial charge in [0.05, 0.1) is 5.56 Å². The van der Waals surface area contributed by atoms with E-state index in [4.69, 9.17) is 5.11 Å². The monoisotopic (exact) mass is 286 g/mol. The van der Waals surface area contributed by atoms with Crippen LogP contribution in [0.25, 0.3) is 0 Å². The fourth-order valence-electron chi connectivity index (χ4n) is 1.48. The van der Waals surface area contributed by atoms with Crippen LogP contribution in [0.4, 0.5) is 5.69 Å². The molecule has 20 heavy (non-hydrogen) atoms. The zero-order valence-corrected chi connectivity index (χ0v) is 11.3. The number of anilines is 1. The van der Waals surface area contributed by atoms with E-state index < -0.39 is 5.97 Å². The van der Waals surface area contributed by atoms with Crippen molar-refractivity contribution in [3.63, 3.8) is 0 Å². The van der Waals surface area contributed by atoms with Crippen LogP contribution >= 0.6 is 0 Å². The van der Waals surface area contributed by atoms with Gasteiger partial charge in [0, 0.05) is 18.3 Å². The van der Waals surface area contributed by atoms with Gasteiger partial charge in [0.2, 0.25) is 5.91 Å². The molecular formula is C14H19N2NaO3. The minimum atomic E-state index is -0.980. The number of carbonyl (C=O) groups excluding carboxylic acids is 1. The predicted molar refractivity (Wildman–Crippen MR) is 81.6 cm³/mol. The summed E-state index contributed by atoms with van der Waals surface area (Å²) < 4.78 is 0. The molecule has 0 saturated carbocycles. The first-order valence-electron chi connectivity index (χ1n) is 5.86. The van der Waals surface area contributed by atoms with E-state index in [-0.39, 0.29) is 41.0 Å². The van der Waals surface area contributed by atoms with Crippen LogP contribution in [0.1, 0.15) is 15.9 Å². The minimum absolute atomic E-state index is 0. The molecule has 0 heterocycles. The van der Waals surface area contributed by atoms with Crippen molar-refractivity contribution in [3.05, 3.63) is 41.5 Å². The van der Waals surface area contributed by atoms with Crippen LogP contribution in [-0.2, 0) is 4.79 Å². The molecule has 0 bridgehead atoms. The summed E-state index contributed by atoms with van der Waals surface area (Å²) >= 11 is 0. The van der Waals surface area contributed by atoms with Gasteiger partial charge in [-0.05, 0) is 44.8 Å². The molecule has 0 aliphatic carbocycles. The van der Waals surface area contributed by atoms with Gasteiger partial charge in [0.25, 0.3) is 0 Å². The van der Waals surface area contributed by atoms with Crippen molar-refractivity contribution in [3.8, 4) is 0 Å². The van der Waals surface area contributed by atoms with E-state index in [0.29, 0.717) is 17.8 Å². The Balaban J connectivity index is 0.00000361. The van der Waals surface area contributed by atoms with Gasteiger partial charge in [-0.15, -0.1) is 0 Å². The second kappa shape index (κ2) is 8.92. The van der Waals surface area contributed by atoms with E-state index in [0.717, 1.165) is 0 Å². The first kappa shape index (κ1) is 18.9. The van der Waals surface area contributed by atoms with Crippen molar-refractivity contribution in [2.45, 2.75) is 6.92 Å². The summed E-state index contributed by atoms with van der Waals surface area (Å²) in [6.45, 7) is 2.44. The van der Waals surface area contributed by atoms with Crippen molar-refractivity contribution in [2.24, 2.45) is 0 Å². The van der Waals surface area contributed by atoms with Crippen LogP contribution in [0.2, 0.25) is 0 Å². The van der Waals surface area contributed by atoms with Crippen molar-refractivity contribution >= 4 is 47.1 Å². The van der Waals surface area contributed by atoms with Crippen molar-refractivity contribution in [1.29, 1.82) is 0 Å². The van der Waals surface area contributed by atoms with Gasteiger partial charge in [0.15, 0.2) is 0 Å². The molecule has 1 aromatic carbocycles. The molecule has 0 aliphatic rings. The molecule has 1 aromatic rings. The number of aryl methyl sites for hydroxylation is 1. The molecule has 2 N–H and O–H groups in total. The summed E-state index contributed by atoms with van der Waals surface area (Å²) in [6, 6.07) is 4.59. The SMILES string of the molecule is Cc1cc(C(=O)O)ccc1NC(=O)C=CCN(C)C.[NaH]. The number of amides is 1. The van der Waals surface area contributed by atoms with Gasteiger partial charge in [-0.1, -0.05) is 6.08 Å². The first-order chi connectivity index (χ1) is 8.90. The van der Waals surface area contributed by atoms with Gasteiger partial charge in [0.1, 0.15) is 0 Å². The molecular weight excluding hydrogens is 267 g/mol. The molecule has 1 rings (SSSR count). The molecule has 0 spiro atoms. The van der Waals surface area contributed by atoms with Gasteiger partial charge < -0.3 is 15.3 Å². The van der Waals surface area contributed by atoms with Crippen LogP contribution in [-0.4, -0.2) is 72.1 Å². The molecule has 0 atom stereocenters. The molecule has 6 heteroatoms. The third-order valence-corrected chi connectivity index (χ3v) is 2.47. The van der Waals surface area contributed by atoms with E-state index in [9.17, 15) is 9.59 Å². The van der Waals surface area contributed by atoms with Crippen molar-refractivity contribution in [1.82, 2.24) is 4.90 Å². The van der Waals surface area contributed by atoms with E-state index in [2.05, 4.69) is 5.32 Å². The number of rotatable bonds is 5. The number of aromatic carboxylic acids is 1. The zero-order valence-electron chi connectivity index (χ0n) is 11.3. The second-order valence-corrected chi connectivity index (χ2v) is 4.49. The predicted octanol–water partition coefficient (Wildman–Crippen LogP) is 1.10. The quantitative estimate of drug-likeness (QED) is 0.628. The fourth-order valence-corrected chi connectivity index (χ4v) is 1.48. The topological polar surface area (TPSA) is 69.6 Å². The Bertz CT molecular complexity index is 513. The Labute approximate surface area is 141 Å². The number of carboxylic acids is 1.